The fourth-order valence-corrected chi connectivity index (χ4v) is 5.58. The van der Waals surface area contributed by atoms with Crippen molar-refractivity contribution >= 4 is 40.0 Å². The Labute approximate surface area is 220 Å². The zero-order valence-electron chi connectivity index (χ0n) is 21.6. The van der Waals surface area contributed by atoms with Gasteiger partial charge in [0.25, 0.3) is 5.91 Å². The van der Waals surface area contributed by atoms with E-state index in [0.29, 0.717) is 30.9 Å². The molecule has 198 valence electrons. The Bertz CT molecular complexity index is 1400. The maximum atomic E-state index is 12.6. The van der Waals surface area contributed by atoms with Gasteiger partial charge in [0.1, 0.15) is 17.8 Å². The number of aliphatic hydroxyl groups is 1. The molecule has 2 aliphatic heterocycles. The van der Waals surface area contributed by atoms with Crippen LogP contribution in [-0.2, 0) is 6.54 Å². The van der Waals surface area contributed by atoms with Crippen LogP contribution in [0, 0.1) is 6.92 Å². The summed E-state index contributed by atoms with van der Waals surface area (Å²) in [6.45, 7) is 8.63. The highest BCUT2D eigenvalue weighted by molar-refractivity contribution is 6.17. The standard InChI is InChI=1S/C27H32N8O3/c1-3-35-25-24-21(28-15-29-25)10-17(11-22(24)32-27(35)38)14-33-6-8-34(9-7-33)23-5-4-20(30-16(23)2)26(37)31-18-12-19(36)13-18/h4-5,10-11,15,18-19,36H,3,6-9,12-14H2,1-2H3,(H,31,37)(H,32,38). The Balaban J connectivity index is 1.10. The minimum Gasteiger partial charge on any atom is -0.393 e. The summed E-state index contributed by atoms with van der Waals surface area (Å²) < 4.78 is 0. The van der Waals surface area contributed by atoms with Gasteiger partial charge < -0.3 is 20.6 Å². The maximum absolute atomic E-state index is 12.6. The van der Waals surface area contributed by atoms with E-state index in [9.17, 15) is 14.7 Å². The van der Waals surface area contributed by atoms with Gasteiger partial charge in [0.2, 0.25) is 0 Å². The summed E-state index contributed by atoms with van der Waals surface area (Å²) in [4.78, 5) is 44.8. The van der Waals surface area contributed by atoms with Crippen LogP contribution in [0.15, 0.2) is 30.6 Å². The van der Waals surface area contributed by atoms with E-state index in [1.54, 1.807) is 11.0 Å². The van der Waals surface area contributed by atoms with Crippen LogP contribution >= 0.6 is 0 Å². The van der Waals surface area contributed by atoms with E-state index in [-0.39, 0.29) is 24.1 Å². The number of aliphatic hydroxyl groups excluding tert-OH is 1. The van der Waals surface area contributed by atoms with E-state index in [1.807, 2.05) is 26.0 Å². The molecule has 0 radical (unpaired) electrons. The number of aromatic nitrogens is 3. The second-order valence-electron chi connectivity index (χ2n) is 10.3. The largest absolute Gasteiger partial charge is 0.393 e. The molecule has 38 heavy (non-hydrogen) atoms. The first-order chi connectivity index (χ1) is 18.4. The third-order valence-electron chi connectivity index (χ3n) is 7.69. The normalized spacial score (nSPS) is 21.3. The van der Waals surface area contributed by atoms with Crippen molar-refractivity contribution in [1.82, 2.24) is 25.2 Å². The summed E-state index contributed by atoms with van der Waals surface area (Å²) >= 11 is 0. The van der Waals surface area contributed by atoms with E-state index >= 15 is 0 Å². The minimum atomic E-state index is -0.306. The average Bonchev–Trinajstić information content (AvgIpc) is 2.88. The SMILES string of the molecule is CCN1C(=O)Nc2cc(CN3CCN(c4ccc(C(=O)NC5CC(O)C5)nc4C)CC3)cc3ncnc1c23. The third kappa shape index (κ3) is 4.52. The highest BCUT2D eigenvalue weighted by atomic mass is 16.3. The first-order valence-electron chi connectivity index (χ1n) is 13.2. The van der Waals surface area contributed by atoms with Crippen LogP contribution in [0.2, 0.25) is 0 Å². The minimum absolute atomic E-state index is 0.0330. The molecule has 11 heteroatoms. The van der Waals surface area contributed by atoms with Crippen LogP contribution < -0.4 is 20.4 Å². The third-order valence-corrected chi connectivity index (χ3v) is 7.69. The molecule has 1 aliphatic carbocycles. The number of hydrogen-bond donors (Lipinski definition) is 3. The molecule has 3 amide bonds. The molecule has 11 nitrogen and oxygen atoms in total. The number of aryl methyl sites for hydroxylation is 1. The Kier molecular flexibility index (Phi) is 6.32. The molecule has 1 aromatic carbocycles. The maximum Gasteiger partial charge on any atom is 0.327 e. The van der Waals surface area contributed by atoms with Crippen LogP contribution in [0.1, 0.15) is 41.5 Å². The van der Waals surface area contributed by atoms with Crippen molar-refractivity contribution in [2.24, 2.45) is 0 Å². The van der Waals surface area contributed by atoms with Gasteiger partial charge in [-0.1, -0.05) is 0 Å². The number of rotatable bonds is 6. The second-order valence-corrected chi connectivity index (χ2v) is 10.3. The lowest BCUT2D eigenvalue weighted by Gasteiger charge is -2.37. The summed E-state index contributed by atoms with van der Waals surface area (Å²) in [6, 6.07) is 7.75. The first kappa shape index (κ1) is 24.5. The first-order valence-corrected chi connectivity index (χ1v) is 13.2. The smallest absolute Gasteiger partial charge is 0.327 e. The molecular weight excluding hydrogens is 484 g/mol. The summed E-state index contributed by atoms with van der Waals surface area (Å²) in [6.07, 6.45) is 2.43. The summed E-state index contributed by atoms with van der Waals surface area (Å²) in [5, 5.41) is 16.3. The highest BCUT2D eigenvalue weighted by Crippen LogP contribution is 2.35. The average molecular weight is 517 g/mol. The van der Waals surface area contributed by atoms with Gasteiger partial charge in [0.15, 0.2) is 0 Å². The Morgan fingerprint density at radius 1 is 1.16 bits per heavy atom. The number of hydrogen-bond acceptors (Lipinski definition) is 8. The van der Waals surface area contributed by atoms with Gasteiger partial charge in [-0.05, 0) is 56.5 Å². The Hall–Kier alpha value is -3.83. The molecule has 3 aromatic rings. The van der Waals surface area contributed by atoms with Crippen LogP contribution in [0.5, 0.6) is 0 Å². The summed E-state index contributed by atoms with van der Waals surface area (Å²) in [5.41, 5.74) is 4.99. The number of benzene rings is 1. The van der Waals surface area contributed by atoms with Gasteiger partial charge in [-0.3, -0.25) is 14.6 Å². The van der Waals surface area contributed by atoms with Gasteiger partial charge in [0.05, 0.1) is 34.1 Å². The van der Waals surface area contributed by atoms with Crippen molar-refractivity contribution in [3.63, 3.8) is 0 Å². The Morgan fingerprint density at radius 3 is 2.66 bits per heavy atom. The number of nitrogens with zero attached hydrogens (tertiary/aromatic N) is 6. The monoisotopic (exact) mass is 516 g/mol. The zero-order valence-corrected chi connectivity index (χ0v) is 21.6. The van der Waals surface area contributed by atoms with Gasteiger partial charge in [0, 0.05) is 45.3 Å². The number of urea groups is 1. The van der Waals surface area contributed by atoms with Gasteiger partial charge in [-0.2, -0.15) is 0 Å². The fraction of sp³-hybridized carbons (Fsp3) is 0.444. The van der Waals surface area contributed by atoms with Crippen molar-refractivity contribution in [3.05, 3.63) is 47.5 Å². The molecule has 2 aromatic heterocycles. The highest BCUT2D eigenvalue weighted by Gasteiger charge is 2.30. The lowest BCUT2D eigenvalue weighted by atomic mass is 9.89. The van der Waals surface area contributed by atoms with Gasteiger partial charge in [-0.15, -0.1) is 0 Å². The zero-order chi connectivity index (χ0) is 26.4. The molecule has 0 spiro atoms. The van der Waals surface area contributed by atoms with Crippen molar-refractivity contribution < 1.29 is 14.7 Å². The predicted molar refractivity (Wildman–Crippen MR) is 145 cm³/mol. The number of carbonyl (C=O) groups is 2. The van der Waals surface area contributed by atoms with Crippen molar-refractivity contribution in [1.29, 1.82) is 0 Å². The van der Waals surface area contributed by atoms with Crippen molar-refractivity contribution in [3.8, 4) is 0 Å². The molecule has 0 unspecified atom stereocenters. The second kappa shape index (κ2) is 9.80. The fourth-order valence-electron chi connectivity index (χ4n) is 5.58. The van der Waals surface area contributed by atoms with E-state index in [1.165, 1.54) is 6.33 Å². The van der Waals surface area contributed by atoms with Gasteiger partial charge in [-0.25, -0.2) is 19.7 Å². The van der Waals surface area contributed by atoms with E-state index in [2.05, 4.69) is 41.5 Å². The van der Waals surface area contributed by atoms with E-state index in [0.717, 1.165) is 66.3 Å². The van der Waals surface area contributed by atoms with Crippen LogP contribution in [-0.4, -0.2) is 81.8 Å². The molecule has 3 aliphatic rings. The molecule has 1 saturated carbocycles. The molecule has 6 rings (SSSR count). The molecule has 3 N–H and O–H groups in total. The predicted octanol–water partition coefficient (Wildman–Crippen LogP) is 2.28. The number of carbonyl (C=O) groups excluding carboxylic acids is 2. The summed E-state index contributed by atoms with van der Waals surface area (Å²) in [5.74, 6) is 0.470. The number of anilines is 3. The van der Waals surface area contributed by atoms with Crippen molar-refractivity contribution in [2.45, 2.75) is 45.4 Å². The molecular formula is C27H32N8O3. The van der Waals surface area contributed by atoms with Crippen LogP contribution in [0.4, 0.5) is 22.0 Å². The summed E-state index contributed by atoms with van der Waals surface area (Å²) in [7, 11) is 0. The molecule has 1 saturated heterocycles. The van der Waals surface area contributed by atoms with Crippen LogP contribution in [0.25, 0.3) is 10.9 Å². The Morgan fingerprint density at radius 2 is 1.95 bits per heavy atom. The lowest BCUT2D eigenvalue weighted by molar-refractivity contribution is 0.0560. The lowest BCUT2D eigenvalue weighted by Crippen LogP contribution is -2.47. The van der Waals surface area contributed by atoms with Crippen molar-refractivity contribution in [2.75, 3.05) is 47.8 Å². The molecule has 4 heterocycles. The van der Waals surface area contributed by atoms with E-state index < -0.39 is 0 Å². The number of amides is 3. The molecule has 2 fully saturated rings. The molecule has 0 bridgehead atoms. The topological polar surface area (TPSA) is 127 Å². The van der Waals surface area contributed by atoms with E-state index in [4.69, 9.17) is 0 Å². The van der Waals surface area contributed by atoms with Gasteiger partial charge >= 0.3 is 6.03 Å². The van der Waals surface area contributed by atoms with Crippen LogP contribution in [0.3, 0.4) is 0 Å². The number of piperazine rings is 1. The quantitative estimate of drug-likeness (QED) is 0.456. The number of pyridine rings is 1. The molecule has 0 atom stereocenters. The number of nitrogens with one attached hydrogen (secondary N) is 2.